The van der Waals surface area contributed by atoms with Gasteiger partial charge in [0, 0.05) is 16.8 Å². The second kappa shape index (κ2) is 8.01. The number of fused-ring (bicyclic) bond motifs is 1. The summed E-state index contributed by atoms with van der Waals surface area (Å²) in [5, 5.41) is 22.5. The maximum atomic E-state index is 14.2. The molecule has 0 aromatic heterocycles. The number of halogens is 3. The smallest absolute Gasteiger partial charge is 0.405 e. The highest BCUT2D eigenvalue weighted by Gasteiger charge is 2.31. The second-order valence-electron chi connectivity index (χ2n) is 5.79. The third-order valence-corrected chi connectivity index (χ3v) is 4.22. The molecule has 27 heavy (non-hydrogen) atoms. The van der Waals surface area contributed by atoms with Crippen molar-refractivity contribution in [3.63, 3.8) is 0 Å². The lowest BCUT2D eigenvalue weighted by molar-refractivity contribution is 0.102. The van der Waals surface area contributed by atoms with Crippen LogP contribution in [0.1, 0.15) is 39.5 Å². The molecule has 0 unspecified atom stereocenters. The molecule has 1 aliphatic carbocycles. The molecule has 2 amide bonds. The van der Waals surface area contributed by atoms with E-state index in [4.69, 9.17) is 10.4 Å². The van der Waals surface area contributed by atoms with Crippen LogP contribution in [-0.2, 0) is 6.42 Å². The van der Waals surface area contributed by atoms with Crippen LogP contribution in [0.25, 0.3) is 0 Å². The van der Waals surface area contributed by atoms with Gasteiger partial charge in [-0.3, -0.25) is 4.79 Å². The third-order valence-electron chi connectivity index (χ3n) is 4.22. The van der Waals surface area contributed by atoms with Gasteiger partial charge in [-0.25, -0.2) is 13.6 Å². The van der Waals surface area contributed by atoms with Crippen molar-refractivity contribution in [2.24, 2.45) is 0 Å². The molecule has 140 valence electrons. The summed E-state index contributed by atoms with van der Waals surface area (Å²) in [6.45, 7) is 0. The van der Waals surface area contributed by atoms with Gasteiger partial charge in [0.25, 0.3) is 5.91 Å². The highest BCUT2D eigenvalue weighted by molar-refractivity contribution is 6.05. The van der Waals surface area contributed by atoms with Crippen molar-refractivity contribution in [1.82, 2.24) is 5.32 Å². The number of anilines is 1. The first kappa shape index (κ1) is 20.1. The monoisotopic (exact) mass is 393 g/mol. The first-order valence-corrected chi connectivity index (χ1v) is 7.72. The molecule has 0 bridgehead atoms. The Labute approximate surface area is 159 Å². The number of carboxylic acid groups (broad SMARTS) is 1. The van der Waals surface area contributed by atoms with Crippen LogP contribution in [0.3, 0.4) is 0 Å². The number of carbonyl (C=O) groups excluding carboxylic acids is 1. The Morgan fingerprint density at radius 3 is 2.56 bits per heavy atom. The van der Waals surface area contributed by atoms with Crippen molar-refractivity contribution in [1.29, 1.82) is 5.26 Å². The summed E-state index contributed by atoms with van der Waals surface area (Å²) in [4.78, 5) is 23.4. The molecule has 0 fully saturated rings. The van der Waals surface area contributed by atoms with Crippen LogP contribution in [0.2, 0.25) is 0 Å². The van der Waals surface area contributed by atoms with Crippen LogP contribution in [0.15, 0.2) is 30.3 Å². The lowest BCUT2D eigenvalue weighted by Crippen LogP contribution is -2.25. The SMILES string of the molecule is Cl.N#Cc1cc(NC(=O)c2ccc(F)c3c2CC[C@@H]3NC(=O)O)ccc1F. The average Bonchev–Trinajstić information content (AvgIpc) is 3.00. The highest BCUT2D eigenvalue weighted by Crippen LogP contribution is 2.35. The van der Waals surface area contributed by atoms with Crippen LogP contribution < -0.4 is 10.6 Å². The summed E-state index contributed by atoms with van der Waals surface area (Å²) in [5.41, 5.74) is 0.821. The zero-order valence-corrected chi connectivity index (χ0v) is 14.6. The number of hydrogen-bond donors (Lipinski definition) is 3. The zero-order chi connectivity index (χ0) is 18.8. The van der Waals surface area contributed by atoms with Crippen LogP contribution in [-0.4, -0.2) is 17.1 Å². The Kier molecular flexibility index (Phi) is 5.98. The number of benzene rings is 2. The van der Waals surface area contributed by atoms with Crippen LogP contribution in [0.4, 0.5) is 19.3 Å². The minimum absolute atomic E-state index is 0. The van der Waals surface area contributed by atoms with Crippen molar-refractivity contribution < 1.29 is 23.5 Å². The van der Waals surface area contributed by atoms with Crippen molar-refractivity contribution in [3.05, 3.63) is 64.2 Å². The minimum Gasteiger partial charge on any atom is -0.465 e. The Balaban J connectivity index is 0.00000261. The summed E-state index contributed by atoms with van der Waals surface area (Å²) < 4.78 is 27.5. The predicted molar refractivity (Wildman–Crippen MR) is 94.9 cm³/mol. The van der Waals surface area contributed by atoms with Crippen molar-refractivity contribution >= 4 is 30.1 Å². The maximum absolute atomic E-state index is 14.2. The van der Waals surface area contributed by atoms with Gasteiger partial charge in [-0.1, -0.05) is 0 Å². The van der Waals surface area contributed by atoms with Crippen molar-refractivity contribution in [2.45, 2.75) is 18.9 Å². The fourth-order valence-electron chi connectivity index (χ4n) is 3.11. The van der Waals surface area contributed by atoms with Gasteiger partial charge in [0.15, 0.2) is 0 Å². The topological polar surface area (TPSA) is 102 Å². The van der Waals surface area contributed by atoms with E-state index in [1.54, 1.807) is 6.07 Å². The molecule has 0 saturated carbocycles. The van der Waals surface area contributed by atoms with Gasteiger partial charge in [-0.2, -0.15) is 5.26 Å². The van der Waals surface area contributed by atoms with Gasteiger partial charge >= 0.3 is 6.09 Å². The van der Waals surface area contributed by atoms with E-state index in [1.165, 1.54) is 18.2 Å². The summed E-state index contributed by atoms with van der Waals surface area (Å²) in [5.74, 6) is -1.83. The fourth-order valence-corrected chi connectivity index (χ4v) is 3.11. The molecule has 0 aliphatic heterocycles. The molecule has 2 aromatic rings. The first-order chi connectivity index (χ1) is 12.4. The van der Waals surface area contributed by atoms with E-state index in [0.717, 1.165) is 12.1 Å². The molecule has 0 saturated heterocycles. The fraction of sp³-hybridized carbons (Fsp3) is 0.167. The van der Waals surface area contributed by atoms with Gasteiger partial charge in [0.05, 0.1) is 11.6 Å². The first-order valence-electron chi connectivity index (χ1n) is 7.72. The number of rotatable bonds is 3. The van der Waals surface area contributed by atoms with E-state index in [2.05, 4.69) is 10.6 Å². The summed E-state index contributed by atoms with van der Waals surface area (Å²) in [6, 6.07) is 6.98. The lowest BCUT2D eigenvalue weighted by Gasteiger charge is -2.14. The second-order valence-corrected chi connectivity index (χ2v) is 5.79. The Morgan fingerprint density at radius 1 is 1.19 bits per heavy atom. The molecular weight excluding hydrogens is 380 g/mol. The molecule has 3 N–H and O–H groups in total. The molecule has 2 aromatic carbocycles. The lowest BCUT2D eigenvalue weighted by atomic mass is 10.0. The van der Waals surface area contributed by atoms with Crippen molar-refractivity contribution in [2.75, 3.05) is 5.32 Å². The van der Waals surface area contributed by atoms with E-state index in [-0.39, 0.29) is 34.8 Å². The molecular formula is C18H14ClF2N3O3. The predicted octanol–water partition coefficient (Wildman–Crippen LogP) is 3.77. The van der Waals surface area contributed by atoms with Gasteiger partial charge in [-0.05, 0) is 48.7 Å². The number of amides is 2. The number of nitriles is 1. The normalized spacial score (nSPS) is 14.5. The third kappa shape index (κ3) is 3.99. The number of carbonyl (C=O) groups is 2. The van der Waals surface area contributed by atoms with Gasteiger partial charge < -0.3 is 15.7 Å². The largest absolute Gasteiger partial charge is 0.465 e. The van der Waals surface area contributed by atoms with Crippen molar-refractivity contribution in [3.8, 4) is 6.07 Å². The molecule has 0 radical (unpaired) electrons. The van der Waals surface area contributed by atoms with E-state index in [0.29, 0.717) is 18.4 Å². The standard InChI is InChI=1S/C18H13F2N3O3.ClH/c19-13-4-1-10(7-9(13)8-21)22-17(24)12-2-5-14(20)16-11(12)3-6-15(16)23-18(25)26;/h1-2,4-5,7,15,23H,3,6H2,(H,22,24)(H,25,26);1H/t15-;/m0./s1. The van der Waals surface area contributed by atoms with Crippen LogP contribution in [0, 0.1) is 23.0 Å². The minimum atomic E-state index is -1.27. The molecule has 1 atom stereocenters. The average molecular weight is 394 g/mol. The quantitative estimate of drug-likeness (QED) is 0.738. The summed E-state index contributed by atoms with van der Waals surface area (Å²) in [7, 11) is 0. The molecule has 6 nitrogen and oxygen atoms in total. The number of nitrogens with one attached hydrogen (secondary N) is 2. The van der Waals surface area contributed by atoms with Gasteiger partial charge in [-0.15, -0.1) is 12.4 Å². The molecule has 3 rings (SSSR count). The molecule has 0 spiro atoms. The van der Waals surface area contributed by atoms with E-state index >= 15 is 0 Å². The van der Waals surface area contributed by atoms with E-state index in [1.807, 2.05) is 0 Å². The Hall–Kier alpha value is -3.18. The van der Waals surface area contributed by atoms with Gasteiger partial charge in [0.2, 0.25) is 0 Å². The number of hydrogen-bond acceptors (Lipinski definition) is 3. The molecule has 1 aliphatic rings. The summed E-state index contributed by atoms with van der Waals surface area (Å²) >= 11 is 0. The molecule has 9 heteroatoms. The van der Waals surface area contributed by atoms with E-state index in [9.17, 15) is 18.4 Å². The molecule has 0 heterocycles. The van der Waals surface area contributed by atoms with Crippen LogP contribution >= 0.6 is 12.4 Å². The number of nitrogens with zero attached hydrogens (tertiary/aromatic N) is 1. The van der Waals surface area contributed by atoms with E-state index < -0.39 is 29.7 Å². The van der Waals surface area contributed by atoms with Gasteiger partial charge in [0.1, 0.15) is 17.7 Å². The van der Waals surface area contributed by atoms with Crippen LogP contribution in [0.5, 0.6) is 0 Å². The zero-order valence-electron chi connectivity index (χ0n) is 13.8. The Bertz CT molecular complexity index is 960. The Morgan fingerprint density at radius 2 is 1.89 bits per heavy atom. The highest BCUT2D eigenvalue weighted by atomic mass is 35.5. The maximum Gasteiger partial charge on any atom is 0.405 e. The summed E-state index contributed by atoms with van der Waals surface area (Å²) in [6.07, 6.45) is -0.585.